The third-order valence-corrected chi connectivity index (χ3v) is 7.17. The lowest BCUT2D eigenvalue weighted by Gasteiger charge is -2.26. The first kappa shape index (κ1) is 25.0. The fourth-order valence-electron chi connectivity index (χ4n) is 4.72. The van der Waals surface area contributed by atoms with Gasteiger partial charge in [-0.2, -0.15) is 0 Å². The van der Waals surface area contributed by atoms with Gasteiger partial charge in [-0.3, -0.25) is 14.8 Å². The molecular formula is C28H31N3O3S. The Morgan fingerprint density at radius 3 is 2.60 bits per heavy atom. The lowest BCUT2D eigenvalue weighted by molar-refractivity contribution is -0.126. The van der Waals surface area contributed by atoms with Gasteiger partial charge in [0.2, 0.25) is 5.91 Å². The summed E-state index contributed by atoms with van der Waals surface area (Å²) in [5.41, 5.74) is 5.82. The Hall–Kier alpha value is -3.13. The molecule has 3 aromatic rings. The summed E-state index contributed by atoms with van der Waals surface area (Å²) in [6, 6.07) is 21.0. The molecule has 0 saturated carbocycles. The Balaban J connectivity index is 1.43. The first-order valence-electron chi connectivity index (χ1n) is 11.8. The van der Waals surface area contributed by atoms with Gasteiger partial charge < -0.3 is 10.4 Å². The van der Waals surface area contributed by atoms with E-state index in [1.807, 2.05) is 13.0 Å². The van der Waals surface area contributed by atoms with E-state index in [4.69, 9.17) is 10.2 Å². The van der Waals surface area contributed by atoms with Crippen molar-refractivity contribution in [1.29, 1.82) is 0 Å². The van der Waals surface area contributed by atoms with Crippen LogP contribution < -0.4 is 10.5 Å². The van der Waals surface area contributed by atoms with Gasteiger partial charge in [0.25, 0.3) is 0 Å². The van der Waals surface area contributed by atoms with Crippen LogP contribution in [0.4, 0.5) is 0 Å². The number of likely N-dealkylation sites (tertiary alicyclic amines) is 1. The highest BCUT2D eigenvalue weighted by atomic mass is 32.2. The number of nitrogens with two attached hydrogens (primary N) is 1. The van der Waals surface area contributed by atoms with Gasteiger partial charge in [-0.1, -0.05) is 36.4 Å². The zero-order valence-electron chi connectivity index (χ0n) is 20.0. The van der Waals surface area contributed by atoms with Crippen LogP contribution in [-0.2, 0) is 11.3 Å². The third-order valence-electron chi connectivity index (χ3n) is 6.64. The van der Waals surface area contributed by atoms with Gasteiger partial charge in [0.1, 0.15) is 0 Å². The fourth-order valence-corrected chi connectivity index (χ4v) is 5.12. The molecule has 1 saturated heterocycles. The van der Waals surface area contributed by atoms with Gasteiger partial charge in [-0.15, -0.1) is 0 Å². The van der Waals surface area contributed by atoms with E-state index in [9.17, 15) is 9.59 Å². The summed E-state index contributed by atoms with van der Waals surface area (Å²) in [5, 5.41) is 17.9. The van der Waals surface area contributed by atoms with Crippen molar-refractivity contribution in [3.63, 3.8) is 0 Å². The van der Waals surface area contributed by atoms with Crippen LogP contribution in [0.5, 0.6) is 0 Å². The molecule has 0 spiro atoms. The molecule has 3 aromatic carbocycles. The Bertz CT molecular complexity index is 1210. The molecule has 0 radical (unpaired) electrons. The molecule has 7 heteroatoms. The molecule has 35 heavy (non-hydrogen) atoms. The third kappa shape index (κ3) is 5.93. The van der Waals surface area contributed by atoms with E-state index >= 15 is 0 Å². The predicted octanol–water partition coefficient (Wildman–Crippen LogP) is 5.17. The average molecular weight is 490 g/mol. The van der Waals surface area contributed by atoms with Crippen molar-refractivity contribution in [1.82, 2.24) is 10.2 Å². The van der Waals surface area contributed by atoms with E-state index < -0.39 is 5.97 Å². The molecule has 4 rings (SSSR count). The number of carboxylic acids is 1. The number of carbonyl (C=O) groups excluding carboxylic acids is 1. The maximum Gasteiger partial charge on any atom is 0.335 e. The van der Waals surface area contributed by atoms with Crippen molar-refractivity contribution in [2.75, 3.05) is 6.54 Å². The van der Waals surface area contributed by atoms with Crippen LogP contribution in [-0.4, -0.2) is 34.5 Å². The van der Waals surface area contributed by atoms with Crippen molar-refractivity contribution in [2.24, 2.45) is 5.14 Å². The predicted molar refractivity (Wildman–Crippen MR) is 140 cm³/mol. The van der Waals surface area contributed by atoms with Crippen LogP contribution in [0.15, 0.2) is 71.6 Å². The summed E-state index contributed by atoms with van der Waals surface area (Å²) in [7, 11) is 0. The number of carboxylic acid groups (broad SMARTS) is 1. The van der Waals surface area contributed by atoms with Gasteiger partial charge >= 0.3 is 5.97 Å². The maximum absolute atomic E-state index is 13.1. The van der Waals surface area contributed by atoms with Crippen molar-refractivity contribution in [2.45, 2.75) is 50.2 Å². The van der Waals surface area contributed by atoms with Gasteiger partial charge in [0.15, 0.2) is 0 Å². The van der Waals surface area contributed by atoms with E-state index in [0.29, 0.717) is 6.54 Å². The first-order chi connectivity index (χ1) is 16.9. The van der Waals surface area contributed by atoms with Gasteiger partial charge in [0, 0.05) is 11.4 Å². The lowest BCUT2D eigenvalue weighted by Crippen LogP contribution is -2.43. The van der Waals surface area contributed by atoms with Crippen LogP contribution in [0.1, 0.15) is 52.9 Å². The molecule has 1 fully saturated rings. The number of nitrogens with one attached hydrogen (secondary N) is 1. The van der Waals surface area contributed by atoms with Crippen molar-refractivity contribution >= 4 is 23.8 Å². The molecule has 4 N–H and O–H groups in total. The number of nitrogens with zero attached hydrogens (tertiary/aromatic N) is 1. The average Bonchev–Trinajstić information content (AvgIpc) is 3.32. The minimum atomic E-state index is -0.958. The van der Waals surface area contributed by atoms with E-state index in [1.165, 1.54) is 28.6 Å². The summed E-state index contributed by atoms with van der Waals surface area (Å²) in [6.07, 6.45) is 1.81. The molecule has 2 atom stereocenters. The van der Waals surface area contributed by atoms with E-state index in [2.05, 4.69) is 53.5 Å². The SMILES string of the molecule is Cc1cc(SN)ccc1-c1cccc(CN2CCC[C@@H]2C(=O)NC(C)c2ccc(C(=O)O)cc2)c1. The van der Waals surface area contributed by atoms with Crippen LogP contribution in [0, 0.1) is 6.92 Å². The van der Waals surface area contributed by atoms with Crippen LogP contribution >= 0.6 is 11.9 Å². The highest BCUT2D eigenvalue weighted by molar-refractivity contribution is 7.97. The Morgan fingerprint density at radius 1 is 1.14 bits per heavy atom. The monoisotopic (exact) mass is 489 g/mol. The summed E-state index contributed by atoms with van der Waals surface area (Å²) in [4.78, 5) is 27.5. The number of hydrogen-bond donors (Lipinski definition) is 3. The number of amides is 1. The molecular weight excluding hydrogens is 458 g/mol. The minimum absolute atomic E-state index is 0.0131. The zero-order chi connectivity index (χ0) is 24.9. The number of aryl methyl sites for hydroxylation is 1. The van der Waals surface area contributed by atoms with Crippen molar-refractivity contribution in [3.8, 4) is 11.1 Å². The highest BCUT2D eigenvalue weighted by Gasteiger charge is 2.31. The largest absolute Gasteiger partial charge is 0.478 e. The molecule has 0 bridgehead atoms. The quantitative estimate of drug-likeness (QED) is 0.378. The molecule has 1 aliphatic heterocycles. The number of benzene rings is 3. The van der Waals surface area contributed by atoms with Crippen LogP contribution in [0.3, 0.4) is 0 Å². The number of hydrogen-bond acceptors (Lipinski definition) is 5. The van der Waals surface area contributed by atoms with Crippen LogP contribution in [0.25, 0.3) is 11.1 Å². The number of carbonyl (C=O) groups is 2. The molecule has 1 aliphatic rings. The van der Waals surface area contributed by atoms with Gasteiger partial charge in [-0.25, -0.2) is 4.79 Å². The van der Waals surface area contributed by atoms with E-state index in [-0.39, 0.29) is 23.6 Å². The normalized spacial score (nSPS) is 16.7. The van der Waals surface area contributed by atoms with E-state index in [1.54, 1.807) is 24.3 Å². The van der Waals surface area contributed by atoms with Crippen LogP contribution in [0.2, 0.25) is 0 Å². The summed E-state index contributed by atoms with van der Waals surface area (Å²) in [5.74, 6) is -0.945. The van der Waals surface area contributed by atoms with Crippen molar-refractivity contribution < 1.29 is 14.7 Å². The summed E-state index contributed by atoms with van der Waals surface area (Å²) < 4.78 is 0. The maximum atomic E-state index is 13.1. The second kappa shape index (κ2) is 11.1. The molecule has 6 nitrogen and oxygen atoms in total. The first-order valence-corrected chi connectivity index (χ1v) is 12.7. The summed E-state index contributed by atoms with van der Waals surface area (Å²) in [6.45, 7) is 5.61. The summed E-state index contributed by atoms with van der Waals surface area (Å²) >= 11 is 1.25. The Kier molecular flexibility index (Phi) is 7.90. The topological polar surface area (TPSA) is 95.7 Å². The van der Waals surface area contributed by atoms with Crippen molar-refractivity contribution in [3.05, 3.63) is 89.0 Å². The molecule has 1 amide bonds. The highest BCUT2D eigenvalue weighted by Crippen LogP contribution is 2.29. The second-order valence-electron chi connectivity index (χ2n) is 9.08. The minimum Gasteiger partial charge on any atom is -0.478 e. The lowest BCUT2D eigenvalue weighted by atomic mass is 9.98. The fraction of sp³-hybridized carbons (Fsp3) is 0.286. The Morgan fingerprint density at radius 2 is 1.91 bits per heavy atom. The van der Waals surface area contributed by atoms with Gasteiger partial charge in [-0.05, 0) is 103 Å². The second-order valence-corrected chi connectivity index (χ2v) is 9.79. The standard InChI is InChI=1S/C28H31N3O3S/c1-18-15-24(35-29)12-13-25(18)23-6-3-5-20(16-23)17-31-14-4-7-26(31)27(32)30-19(2)21-8-10-22(11-9-21)28(33)34/h3,5-6,8-13,15-16,19,26H,4,7,14,17,29H2,1-2H3,(H,30,32)(H,33,34)/t19?,26-/m1/s1. The van der Waals surface area contributed by atoms with E-state index in [0.717, 1.165) is 35.4 Å². The Labute approximate surface area is 210 Å². The molecule has 0 aromatic heterocycles. The number of aromatic carboxylic acids is 1. The zero-order valence-corrected chi connectivity index (χ0v) is 20.8. The van der Waals surface area contributed by atoms with Gasteiger partial charge in [0.05, 0.1) is 17.6 Å². The molecule has 0 aliphatic carbocycles. The molecule has 1 heterocycles. The smallest absolute Gasteiger partial charge is 0.335 e. The number of rotatable bonds is 8. The molecule has 182 valence electrons. The molecule has 1 unspecified atom stereocenters.